The second-order valence-electron chi connectivity index (χ2n) is 8.50. The Balaban J connectivity index is 1.60. The molecule has 0 bridgehead atoms. The Morgan fingerprint density at radius 1 is 1.07 bits per heavy atom. The molecule has 0 aliphatic carbocycles. The lowest BCUT2D eigenvalue weighted by atomic mass is 9.86. The van der Waals surface area contributed by atoms with Crippen molar-refractivity contribution in [3.63, 3.8) is 0 Å². The molecule has 2 aliphatic heterocycles. The van der Waals surface area contributed by atoms with Gasteiger partial charge in [0.1, 0.15) is 0 Å². The molecule has 4 rings (SSSR count). The molecule has 3 heterocycles. The largest absolute Gasteiger partial charge is 0.371 e. The predicted molar refractivity (Wildman–Crippen MR) is 114 cm³/mol. The molecule has 1 aromatic heterocycles. The monoisotopic (exact) mass is 399 g/mol. The summed E-state index contributed by atoms with van der Waals surface area (Å²) < 4.78 is 27.8. The summed E-state index contributed by atoms with van der Waals surface area (Å²) in [4.78, 5) is 6.95. The van der Waals surface area contributed by atoms with Crippen molar-refractivity contribution < 1.29 is 8.78 Å². The number of anilines is 1. The summed E-state index contributed by atoms with van der Waals surface area (Å²) in [5.74, 6) is 0.367. The Kier molecular flexibility index (Phi) is 6.14. The average molecular weight is 400 g/mol. The number of hydrogen-bond acceptors (Lipinski definition) is 3. The molecule has 2 aliphatic rings. The average Bonchev–Trinajstić information content (AvgIpc) is 2.67. The minimum absolute atomic E-state index is 0.216. The van der Waals surface area contributed by atoms with E-state index in [0.29, 0.717) is 12.3 Å². The van der Waals surface area contributed by atoms with Crippen molar-refractivity contribution in [3.05, 3.63) is 57.9 Å². The van der Waals surface area contributed by atoms with Gasteiger partial charge in [-0.05, 0) is 80.3 Å². The smallest absolute Gasteiger partial charge is 0.264 e. The number of alkyl halides is 2. The number of piperidine rings is 1. The van der Waals surface area contributed by atoms with Crippen LogP contribution in [0.1, 0.15) is 65.1 Å². The maximum absolute atomic E-state index is 13.9. The second kappa shape index (κ2) is 8.78. The fourth-order valence-corrected chi connectivity index (χ4v) is 4.74. The van der Waals surface area contributed by atoms with Gasteiger partial charge in [-0.3, -0.25) is 4.98 Å². The van der Waals surface area contributed by atoms with Gasteiger partial charge >= 0.3 is 0 Å². The van der Waals surface area contributed by atoms with E-state index in [9.17, 15) is 8.78 Å². The van der Waals surface area contributed by atoms with Crippen molar-refractivity contribution in [3.8, 4) is 0 Å². The number of nitrogens with one attached hydrogen (secondary N) is 1. The second-order valence-corrected chi connectivity index (χ2v) is 8.50. The molecule has 0 unspecified atom stereocenters. The number of nitrogens with zero attached hydrogens (tertiary/aromatic N) is 2. The zero-order valence-electron chi connectivity index (χ0n) is 17.5. The van der Waals surface area contributed by atoms with E-state index in [1.54, 1.807) is 6.07 Å². The number of rotatable bonds is 6. The third kappa shape index (κ3) is 4.30. The first-order valence-corrected chi connectivity index (χ1v) is 10.9. The van der Waals surface area contributed by atoms with Crippen LogP contribution in [0.5, 0.6) is 0 Å². The third-order valence-electron chi connectivity index (χ3n) is 6.59. The fraction of sp³-hybridized carbons (Fsp3) is 0.542. The Morgan fingerprint density at radius 3 is 2.45 bits per heavy atom. The van der Waals surface area contributed by atoms with Crippen LogP contribution >= 0.6 is 0 Å². The third-order valence-corrected chi connectivity index (χ3v) is 6.59. The summed E-state index contributed by atoms with van der Waals surface area (Å²) in [6.45, 7) is 7.93. The van der Waals surface area contributed by atoms with Crippen molar-refractivity contribution in [1.82, 2.24) is 10.3 Å². The standard InChI is InChI=1S/C24H31F2N3/c1-16-12-18(19-14-27-15-19)13-22(24(25)26)20(16)6-7-21-17(2)28-9-8-23(21)29-10-4-3-5-11-29/h8-9,12-13,19,24,27H,3-7,10-11,14-15H2,1-2H3. The van der Waals surface area contributed by atoms with Gasteiger partial charge in [-0.2, -0.15) is 0 Å². The van der Waals surface area contributed by atoms with Crippen LogP contribution < -0.4 is 10.2 Å². The van der Waals surface area contributed by atoms with Crippen LogP contribution in [-0.2, 0) is 12.8 Å². The molecule has 3 nitrogen and oxygen atoms in total. The maximum Gasteiger partial charge on any atom is 0.264 e. The van der Waals surface area contributed by atoms with Gasteiger partial charge < -0.3 is 10.2 Å². The molecular weight excluding hydrogens is 368 g/mol. The van der Waals surface area contributed by atoms with Crippen LogP contribution in [0.4, 0.5) is 14.5 Å². The number of hydrogen-bond donors (Lipinski definition) is 1. The van der Waals surface area contributed by atoms with Crippen LogP contribution in [0.3, 0.4) is 0 Å². The molecule has 2 saturated heterocycles. The molecule has 0 atom stereocenters. The van der Waals surface area contributed by atoms with Gasteiger partial charge in [0.15, 0.2) is 0 Å². The molecule has 0 amide bonds. The number of benzene rings is 1. The Hall–Kier alpha value is -2.01. The van der Waals surface area contributed by atoms with Gasteiger partial charge in [-0.1, -0.05) is 6.07 Å². The van der Waals surface area contributed by atoms with Crippen molar-refractivity contribution >= 4 is 5.69 Å². The Morgan fingerprint density at radius 2 is 1.79 bits per heavy atom. The highest BCUT2D eigenvalue weighted by molar-refractivity contribution is 5.55. The Labute approximate surface area is 172 Å². The van der Waals surface area contributed by atoms with Crippen molar-refractivity contribution in [1.29, 1.82) is 0 Å². The lowest BCUT2D eigenvalue weighted by Gasteiger charge is -2.31. The normalized spacial score (nSPS) is 17.6. The van der Waals surface area contributed by atoms with Gasteiger partial charge in [0.25, 0.3) is 6.43 Å². The minimum Gasteiger partial charge on any atom is -0.371 e. The zero-order chi connectivity index (χ0) is 20.4. The molecule has 0 spiro atoms. The number of aryl methyl sites for hydroxylation is 2. The number of pyridine rings is 1. The van der Waals surface area contributed by atoms with Crippen LogP contribution in [0.2, 0.25) is 0 Å². The SMILES string of the molecule is Cc1cc(C2CNC2)cc(C(F)F)c1CCc1c(N2CCCCC2)ccnc1C. The van der Waals surface area contributed by atoms with Crippen LogP contribution in [0.25, 0.3) is 0 Å². The topological polar surface area (TPSA) is 28.2 Å². The highest BCUT2D eigenvalue weighted by Gasteiger charge is 2.24. The van der Waals surface area contributed by atoms with E-state index in [2.05, 4.69) is 27.3 Å². The van der Waals surface area contributed by atoms with Crippen LogP contribution in [0.15, 0.2) is 24.4 Å². The summed E-state index contributed by atoms with van der Waals surface area (Å²) in [5, 5.41) is 3.23. The summed E-state index contributed by atoms with van der Waals surface area (Å²) >= 11 is 0. The molecule has 0 radical (unpaired) electrons. The quantitative estimate of drug-likeness (QED) is 0.733. The lowest BCUT2D eigenvalue weighted by molar-refractivity contribution is 0.150. The number of halogens is 2. The first kappa shape index (κ1) is 20.3. The predicted octanol–water partition coefficient (Wildman–Crippen LogP) is 5.10. The van der Waals surface area contributed by atoms with E-state index in [4.69, 9.17) is 0 Å². The van der Waals surface area contributed by atoms with E-state index < -0.39 is 6.43 Å². The first-order chi connectivity index (χ1) is 14.0. The molecule has 2 aromatic rings. The zero-order valence-corrected chi connectivity index (χ0v) is 17.5. The summed E-state index contributed by atoms with van der Waals surface area (Å²) in [6, 6.07) is 5.97. The van der Waals surface area contributed by atoms with Crippen LogP contribution in [-0.4, -0.2) is 31.2 Å². The van der Waals surface area contributed by atoms with Gasteiger partial charge in [0.05, 0.1) is 0 Å². The summed E-state index contributed by atoms with van der Waals surface area (Å²) in [7, 11) is 0. The molecule has 1 aromatic carbocycles. The highest BCUT2D eigenvalue weighted by Crippen LogP contribution is 2.33. The van der Waals surface area contributed by atoms with Crippen molar-refractivity contribution in [2.24, 2.45) is 0 Å². The van der Waals surface area contributed by atoms with E-state index in [1.807, 2.05) is 20.0 Å². The van der Waals surface area contributed by atoms with Crippen molar-refractivity contribution in [2.75, 3.05) is 31.1 Å². The molecule has 2 fully saturated rings. The molecule has 156 valence electrons. The molecule has 29 heavy (non-hydrogen) atoms. The maximum atomic E-state index is 13.9. The fourth-order valence-electron chi connectivity index (χ4n) is 4.74. The van der Waals surface area contributed by atoms with E-state index >= 15 is 0 Å². The van der Waals surface area contributed by atoms with Gasteiger partial charge in [0.2, 0.25) is 0 Å². The van der Waals surface area contributed by atoms with Gasteiger partial charge in [-0.25, -0.2) is 8.78 Å². The van der Waals surface area contributed by atoms with E-state index in [0.717, 1.165) is 55.0 Å². The highest BCUT2D eigenvalue weighted by atomic mass is 19.3. The van der Waals surface area contributed by atoms with Gasteiger partial charge in [-0.15, -0.1) is 0 Å². The van der Waals surface area contributed by atoms with Gasteiger partial charge in [0, 0.05) is 55.2 Å². The van der Waals surface area contributed by atoms with E-state index in [-0.39, 0.29) is 5.56 Å². The Bertz CT molecular complexity index is 855. The first-order valence-electron chi connectivity index (χ1n) is 10.9. The minimum atomic E-state index is -2.44. The number of aromatic nitrogens is 1. The van der Waals surface area contributed by atoms with E-state index in [1.165, 1.54) is 30.5 Å². The van der Waals surface area contributed by atoms with Crippen LogP contribution in [0, 0.1) is 13.8 Å². The molecule has 0 saturated carbocycles. The summed E-state index contributed by atoms with van der Waals surface area (Å²) in [5.41, 5.74) is 6.53. The molecule has 1 N–H and O–H groups in total. The lowest BCUT2D eigenvalue weighted by Crippen LogP contribution is -2.40. The summed E-state index contributed by atoms with van der Waals surface area (Å²) in [6.07, 6.45) is 4.53. The molecular formula is C24H31F2N3. The molecule has 5 heteroatoms. The van der Waals surface area contributed by atoms with Crippen molar-refractivity contribution in [2.45, 2.75) is 58.3 Å².